The van der Waals surface area contributed by atoms with Crippen LogP contribution in [-0.2, 0) is 30.4 Å². The standard InChI is InChI=1S/C18H29N7O6/c1-9(2)15(20)17(29)25-11(3-4-13(19)26)16(28)22-7-14(27)24-12(18(30)31)5-10-6-21-8-23-10/h6,8-9,11-12,15H,3-5,7,20H2,1-2H3,(H2,19,26)(H,21,23)(H,22,28)(H,24,27)(H,25,29)(H,30,31). The van der Waals surface area contributed by atoms with Gasteiger partial charge in [-0.2, -0.15) is 0 Å². The van der Waals surface area contributed by atoms with Gasteiger partial charge in [0.15, 0.2) is 0 Å². The Labute approximate surface area is 178 Å². The summed E-state index contributed by atoms with van der Waals surface area (Å²) in [6, 6.07) is -3.25. The summed E-state index contributed by atoms with van der Waals surface area (Å²) >= 11 is 0. The van der Waals surface area contributed by atoms with Gasteiger partial charge >= 0.3 is 5.97 Å². The van der Waals surface area contributed by atoms with E-state index in [0.29, 0.717) is 5.69 Å². The van der Waals surface area contributed by atoms with Gasteiger partial charge in [-0.05, 0) is 12.3 Å². The van der Waals surface area contributed by atoms with Gasteiger partial charge in [0, 0.05) is 24.7 Å². The van der Waals surface area contributed by atoms with E-state index in [9.17, 15) is 29.1 Å². The zero-order valence-corrected chi connectivity index (χ0v) is 17.4. The summed E-state index contributed by atoms with van der Waals surface area (Å²) in [5, 5.41) is 16.3. The van der Waals surface area contributed by atoms with Gasteiger partial charge in [-0.3, -0.25) is 19.2 Å². The topological polar surface area (TPSA) is 222 Å². The summed E-state index contributed by atoms with van der Waals surface area (Å²) in [4.78, 5) is 65.6. The molecule has 9 N–H and O–H groups in total. The summed E-state index contributed by atoms with van der Waals surface area (Å²) in [5.41, 5.74) is 11.4. The number of amides is 4. The predicted octanol–water partition coefficient (Wildman–Crippen LogP) is -2.63. The maximum atomic E-state index is 12.4. The van der Waals surface area contributed by atoms with Crippen molar-refractivity contribution in [3.8, 4) is 0 Å². The second kappa shape index (κ2) is 12.3. The zero-order valence-electron chi connectivity index (χ0n) is 17.4. The van der Waals surface area contributed by atoms with Crippen molar-refractivity contribution in [2.75, 3.05) is 6.54 Å². The highest BCUT2D eigenvalue weighted by molar-refractivity contribution is 5.93. The molecule has 0 saturated heterocycles. The maximum absolute atomic E-state index is 12.4. The summed E-state index contributed by atoms with van der Waals surface area (Å²) < 4.78 is 0. The van der Waals surface area contributed by atoms with E-state index in [1.54, 1.807) is 13.8 Å². The second-order valence-electron chi connectivity index (χ2n) is 7.29. The molecule has 13 nitrogen and oxygen atoms in total. The molecular formula is C18H29N7O6. The van der Waals surface area contributed by atoms with Crippen LogP contribution in [-0.4, -0.2) is 69.3 Å². The molecule has 3 atom stereocenters. The molecule has 172 valence electrons. The first-order chi connectivity index (χ1) is 14.5. The van der Waals surface area contributed by atoms with Crippen LogP contribution in [0.5, 0.6) is 0 Å². The smallest absolute Gasteiger partial charge is 0.326 e. The summed E-state index contributed by atoms with van der Waals surface area (Å²) in [6.45, 7) is 2.93. The van der Waals surface area contributed by atoms with Crippen molar-refractivity contribution in [1.29, 1.82) is 0 Å². The van der Waals surface area contributed by atoms with E-state index in [-0.39, 0.29) is 25.2 Å². The number of hydrogen-bond acceptors (Lipinski definition) is 7. The minimum atomic E-state index is -1.26. The molecule has 1 aromatic heterocycles. The number of aromatic amines is 1. The molecule has 0 radical (unpaired) electrons. The van der Waals surface area contributed by atoms with Crippen LogP contribution in [0.25, 0.3) is 0 Å². The van der Waals surface area contributed by atoms with Crippen molar-refractivity contribution in [2.45, 2.75) is 51.2 Å². The summed E-state index contributed by atoms with van der Waals surface area (Å²) in [6.07, 6.45) is 2.52. The molecule has 0 spiro atoms. The number of H-pyrrole nitrogens is 1. The highest BCUT2D eigenvalue weighted by atomic mass is 16.4. The SMILES string of the molecule is CC(C)C(N)C(=O)NC(CCC(N)=O)C(=O)NCC(=O)NC(Cc1cnc[nH]1)C(=O)O. The summed E-state index contributed by atoms with van der Waals surface area (Å²) in [5.74, 6) is -4.19. The molecule has 31 heavy (non-hydrogen) atoms. The molecular weight excluding hydrogens is 410 g/mol. The monoisotopic (exact) mass is 439 g/mol. The van der Waals surface area contributed by atoms with Gasteiger partial charge < -0.3 is 37.5 Å². The van der Waals surface area contributed by atoms with Gasteiger partial charge in [-0.1, -0.05) is 13.8 Å². The Morgan fingerprint density at radius 2 is 1.81 bits per heavy atom. The van der Waals surface area contributed by atoms with E-state index < -0.39 is 54.3 Å². The number of hydrogen-bond donors (Lipinski definition) is 7. The predicted molar refractivity (Wildman–Crippen MR) is 108 cm³/mol. The Balaban J connectivity index is 2.67. The molecule has 1 aromatic rings. The van der Waals surface area contributed by atoms with E-state index in [1.807, 2.05) is 0 Å². The molecule has 0 bridgehead atoms. The van der Waals surface area contributed by atoms with Crippen LogP contribution in [0.1, 0.15) is 32.4 Å². The lowest BCUT2D eigenvalue weighted by atomic mass is 10.0. The number of carboxylic acid groups (broad SMARTS) is 1. The molecule has 0 fully saturated rings. The second-order valence-corrected chi connectivity index (χ2v) is 7.29. The average molecular weight is 439 g/mol. The van der Waals surface area contributed by atoms with E-state index in [0.717, 1.165) is 0 Å². The van der Waals surface area contributed by atoms with Crippen molar-refractivity contribution in [3.63, 3.8) is 0 Å². The summed E-state index contributed by atoms with van der Waals surface area (Å²) in [7, 11) is 0. The Bertz CT molecular complexity index is 780. The fraction of sp³-hybridized carbons (Fsp3) is 0.556. The molecule has 0 aromatic carbocycles. The third kappa shape index (κ3) is 9.25. The van der Waals surface area contributed by atoms with Gasteiger partial charge in [0.25, 0.3) is 0 Å². The van der Waals surface area contributed by atoms with Gasteiger partial charge in [0.2, 0.25) is 23.6 Å². The number of imidazole rings is 1. The van der Waals surface area contributed by atoms with Crippen molar-refractivity contribution in [2.24, 2.45) is 17.4 Å². The molecule has 0 aliphatic heterocycles. The Morgan fingerprint density at radius 1 is 1.13 bits per heavy atom. The van der Waals surface area contributed by atoms with Crippen LogP contribution in [0.4, 0.5) is 0 Å². The Kier molecular flexibility index (Phi) is 10.1. The number of nitrogens with one attached hydrogen (secondary N) is 4. The first-order valence-corrected chi connectivity index (χ1v) is 9.62. The van der Waals surface area contributed by atoms with E-state index >= 15 is 0 Å². The third-order valence-electron chi connectivity index (χ3n) is 4.37. The lowest BCUT2D eigenvalue weighted by molar-refractivity contribution is -0.141. The quantitative estimate of drug-likeness (QED) is 0.172. The maximum Gasteiger partial charge on any atom is 0.326 e. The van der Waals surface area contributed by atoms with Crippen molar-refractivity contribution in [1.82, 2.24) is 25.9 Å². The number of carbonyl (C=O) groups excluding carboxylic acids is 4. The molecule has 0 aliphatic carbocycles. The molecule has 0 aliphatic rings. The third-order valence-corrected chi connectivity index (χ3v) is 4.37. The number of carbonyl (C=O) groups is 5. The largest absolute Gasteiger partial charge is 0.480 e. The number of aliphatic carboxylic acids is 1. The van der Waals surface area contributed by atoms with Crippen LogP contribution in [0.15, 0.2) is 12.5 Å². The fourth-order valence-corrected chi connectivity index (χ4v) is 2.48. The number of carboxylic acids is 1. The zero-order chi connectivity index (χ0) is 23.6. The molecule has 1 heterocycles. The normalized spacial score (nSPS) is 13.7. The van der Waals surface area contributed by atoms with Crippen molar-refractivity contribution >= 4 is 29.6 Å². The Morgan fingerprint density at radius 3 is 2.32 bits per heavy atom. The molecule has 4 amide bonds. The fourth-order valence-electron chi connectivity index (χ4n) is 2.48. The molecule has 1 rings (SSSR count). The molecule has 13 heteroatoms. The first-order valence-electron chi connectivity index (χ1n) is 9.62. The lowest BCUT2D eigenvalue weighted by Crippen LogP contribution is -2.54. The minimum absolute atomic E-state index is 0.0284. The van der Waals surface area contributed by atoms with Gasteiger partial charge in [0.05, 0.1) is 18.9 Å². The van der Waals surface area contributed by atoms with Gasteiger partial charge in [-0.15, -0.1) is 0 Å². The number of nitrogens with two attached hydrogens (primary N) is 2. The minimum Gasteiger partial charge on any atom is -0.480 e. The van der Waals surface area contributed by atoms with Crippen molar-refractivity contribution < 1.29 is 29.1 Å². The lowest BCUT2D eigenvalue weighted by Gasteiger charge is -2.22. The van der Waals surface area contributed by atoms with Crippen LogP contribution < -0.4 is 27.4 Å². The van der Waals surface area contributed by atoms with Crippen LogP contribution in [0.2, 0.25) is 0 Å². The number of nitrogens with zero attached hydrogens (tertiary/aromatic N) is 1. The van der Waals surface area contributed by atoms with E-state index in [2.05, 4.69) is 25.9 Å². The number of aromatic nitrogens is 2. The van der Waals surface area contributed by atoms with Crippen LogP contribution in [0.3, 0.4) is 0 Å². The highest BCUT2D eigenvalue weighted by Gasteiger charge is 2.26. The number of rotatable bonds is 13. The van der Waals surface area contributed by atoms with Crippen LogP contribution >= 0.6 is 0 Å². The highest BCUT2D eigenvalue weighted by Crippen LogP contribution is 2.03. The van der Waals surface area contributed by atoms with E-state index in [4.69, 9.17) is 11.5 Å². The van der Waals surface area contributed by atoms with E-state index in [1.165, 1.54) is 12.5 Å². The molecule has 0 saturated carbocycles. The molecule has 3 unspecified atom stereocenters. The van der Waals surface area contributed by atoms with Crippen molar-refractivity contribution in [3.05, 3.63) is 18.2 Å². The van der Waals surface area contributed by atoms with Crippen LogP contribution in [0, 0.1) is 5.92 Å². The average Bonchev–Trinajstić information content (AvgIpc) is 3.20. The first kappa shape index (κ1) is 25.6. The van der Waals surface area contributed by atoms with Gasteiger partial charge in [-0.25, -0.2) is 9.78 Å². The Hall–Kier alpha value is -3.48. The van der Waals surface area contributed by atoms with Gasteiger partial charge in [0.1, 0.15) is 12.1 Å². The number of primary amides is 1.